The van der Waals surface area contributed by atoms with Crippen molar-refractivity contribution < 1.29 is 14.0 Å². The summed E-state index contributed by atoms with van der Waals surface area (Å²) in [5, 5.41) is 7.29. The lowest BCUT2D eigenvalue weighted by Gasteiger charge is -2.07. The molecule has 3 aromatic rings. The van der Waals surface area contributed by atoms with Crippen molar-refractivity contribution in [3.8, 4) is 0 Å². The fourth-order valence-electron chi connectivity index (χ4n) is 2.71. The first kappa shape index (κ1) is 16.9. The first-order valence-electron chi connectivity index (χ1n) is 7.86. The van der Waals surface area contributed by atoms with E-state index >= 15 is 0 Å². The third-order valence-electron chi connectivity index (χ3n) is 3.99. The Kier molecular flexibility index (Phi) is 4.34. The highest BCUT2D eigenvalue weighted by Gasteiger charge is 2.31. The maximum Gasteiger partial charge on any atom is 0.270 e. The van der Waals surface area contributed by atoms with Gasteiger partial charge in [-0.1, -0.05) is 40.2 Å². The number of aryl methyl sites for hydroxylation is 1. The minimum atomic E-state index is -0.852. The molecule has 5 nitrogen and oxygen atoms in total. The lowest BCUT2D eigenvalue weighted by molar-refractivity contribution is -0.125. The molecule has 0 fully saturated rings. The number of thiazole rings is 1. The van der Waals surface area contributed by atoms with Crippen molar-refractivity contribution in [2.45, 2.75) is 19.4 Å². The van der Waals surface area contributed by atoms with Crippen molar-refractivity contribution in [1.82, 2.24) is 4.98 Å². The normalized spacial score (nSPS) is 16.4. The van der Waals surface area contributed by atoms with Crippen LogP contribution in [-0.2, 0) is 9.63 Å². The third kappa shape index (κ3) is 3.15. The molecule has 0 spiro atoms. The highest BCUT2D eigenvalue weighted by Crippen LogP contribution is 2.29. The lowest BCUT2D eigenvalue weighted by Crippen LogP contribution is -2.28. The van der Waals surface area contributed by atoms with Crippen LogP contribution in [0, 0.1) is 12.7 Å². The summed E-state index contributed by atoms with van der Waals surface area (Å²) >= 11 is 7.42. The monoisotopic (exact) mass is 389 g/mol. The quantitative estimate of drug-likeness (QED) is 0.715. The van der Waals surface area contributed by atoms with Gasteiger partial charge >= 0.3 is 0 Å². The van der Waals surface area contributed by atoms with Crippen molar-refractivity contribution >= 4 is 49.9 Å². The highest BCUT2D eigenvalue weighted by molar-refractivity contribution is 7.22. The Bertz CT molecular complexity index is 1030. The van der Waals surface area contributed by atoms with Crippen LogP contribution in [0.4, 0.5) is 9.52 Å². The average molecular weight is 390 g/mol. The molecule has 1 N–H and O–H groups in total. The van der Waals surface area contributed by atoms with Crippen LogP contribution in [0.15, 0.2) is 41.6 Å². The van der Waals surface area contributed by atoms with Gasteiger partial charge in [-0.2, -0.15) is 0 Å². The predicted octanol–water partition coefficient (Wildman–Crippen LogP) is 4.53. The molecular weight excluding hydrogens is 377 g/mol. The number of hydrogen-bond donors (Lipinski definition) is 1. The van der Waals surface area contributed by atoms with Gasteiger partial charge in [0.25, 0.3) is 5.91 Å². The van der Waals surface area contributed by atoms with Gasteiger partial charge in [-0.3, -0.25) is 10.1 Å². The second-order valence-corrected chi connectivity index (χ2v) is 7.35. The maximum atomic E-state index is 14.0. The number of hydrogen-bond acceptors (Lipinski definition) is 5. The van der Waals surface area contributed by atoms with Crippen molar-refractivity contribution in [3.05, 3.63) is 58.4 Å². The fourth-order valence-corrected chi connectivity index (χ4v) is 3.95. The van der Waals surface area contributed by atoms with Crippen molar-refractivity contribution in [2.75, 3.05) is 5.32 Å². The second-order valence-electron chi connectivity index (χ2n) is 5.91. The smallest absolute Gasteiger partial charge is 0.270 e. The first-order valence-corrected chi connectivity index (χ1v) is 9.06. The number of benzene rings is 2. The SMILES string of the molecule is Cc1ccc2nc(NC(=O)C3CC(c4c(F)cccc4Cl)=NO3)sc2c1. The molecule has 0 radical (unpaired) electrons. The minimum Gasteiger partial charge on any atom is -0.382 e. The molecule has 4 rings (SSSR count). The molecule has 0 saturated heterocycles. The van der Waals surface area contributed by atoms with Crippen molar-refractivity contribution in [1.29, 1.82) is 0 Å². The van der Waals surface area contributed by atoms with E-state index in [0.29, 0.717) is 10.8 Å². The molecule has 1 unspecified atom stereocenters. The molecule has 1 atom stereocenters. The predicted molar refractivity (Wildman–Crippen MR) is 100 cm³/mol. The molecule has 2 aromatic carbocycles. The molecule has 1 aliphatic heterocycles. The van der Waals surface area contributed by atoms with E-state index in [4.69, 9.17) is 16.4 Å². The summed E-state index contributed by atoms with van der Waals surface area (Å²) in [5.74, 6) is -0.880. The first-order chi connectivity index (χ1) is 12.5. The summed E-state index contributed by atoms with van der Waals surface area (Å²) in [6.45, 7) is 2.00. The zero-order valence-electron chi connectivity index (χ0n) is 13.6. The molecule has 1 aliphatic rings. The summed E-state index contributed by atoms with van der Waals surface area (Å²) in [7, 11) is 0. The van der Waals surface area contributed by atoms with Gasteiger partial charge in [0.1, 0.15) is 5.82 Å². The van der Waals surface area contributed by atoms with E-state index in [9.17, 15) is 9.18 Å². The van der Waals surface area contributed by atoms with Crippen LogP contribution >= 0.6 is 22.9 Å². The number of rotatable bonds is 3. The topological polar surface area (TPSA) is 63.6 Å². The Morgan fingerprint density at radius 3 is 3.04 bits per heavy atom. The van der Waals surface area contributed by atoms with Gasteiger partial charge in [-0.25, -0.2) is 9.37 Å². The molecule has 0 saturated carbocycles. The van der Waals surface area contributed by atoms with Crippen LogP contribution in [0.25, 0.3) is 10.2 Å². The summed E-state index contributed by atoms with van der Waals surface area (Å²) in [6.07, 6.45) is -0.717. The maximum absolute atomic E-state index is 14.0. The molecule has 132 valence electrons. The summed E-state index contributed by atoms with van der Waals surface area (Å²) in [4.78, 5) is 22.0. The molecular formula is C18H13ClFN3O2S. The number of nitrogens with zero attached hydrogens (tertiary/aromatic N) is 2. The van der Waals surface area contributed by atoms with E-state index < -0.39 is 11.9 Å². The van der Waals surface area contributed by atoms with E-state index in [2.05, 4.69) is 15.5 Å². The fraction of sp³-hybridized carbons (Fsp3) is 0.167. The van der Waals surface area contributed by atoms with Gasteiger partial charge in [0.2, 0.25) is 6.10 Å². The van der Waals surface area contributed by atoms with Gasteiger partial charge < -0.3 is 4.84 Å². The average Bonchev–Trinajstić information content (AvgIpc) is 3.21. The Morgan fingerprint density at radius 2 is 2.23 bits per heavy atom. The van der Waals surface area contributed by atoms with Crippen LogP contribution < -0.4 is 5.32 Å². The Labute approximate surface area is 157 Å². The summed E-state index contributed by atoms with van der Waals surface area (Å²) in [5.41, 5.74) is 2.42. The minimum absolute atomic E-state index is 0.135. The number of nitrogens with one attached hydrogen (secondary N) is 1. The Balaban J connectivity index is 1.48. The number of aromatic nitrogens is 1. The van der Waals surface area contributed by atoms with E-state index in [1.165, 1.54) is 23.5 Å². The van der Waals surface area contributed by atoms with Gasteiger partial charge in [-0.15, -0.1) is 0 Å². The molecule has 0 aliphatic carbocycles. The highest BCUT2D eigenvalue weighted by atomic mass is 35.5. The number of halogens is 2. The van der Waals surface area contributed by atoms with Gasteiger partial charge in [0.05, 0.1) is 26.5 Å². The number of fused-ring (bicyclic) bond motifs is 1. The van der Waals surface area contributed by atoms with Crippen LogP contribution in [0.5, 0.6) is 0 Å². The summed E-state index contributed by atoms with van der Waals surface area (Å²) in [6, 6.07) is 10.3. The van der Waals surface area contributed by atoms with Gasteiger partial charge in [0, 0.05) is 6.42 Å². The number of anilines is 1. The van der Waals surface area contributed by atoms with Crippen LogP contribution in [0.1, 0.15) is 17.5 Å². The standard InChI is InChI=1S/C18H13ClFN3O2S/c1-9-5-6-12-15(7-9)26-18(21-12)22-17(24)14-8-13(23-25-14)16-10(19)3-2-4-11(16)20/h2-7,14H,8H2,1H3,(H,21,22,24). The van der Waals surface area contributed by atoms with E-state index in [1.54, 1.807) is 6.07 Å². The molecule has 1 aromatic heterocycles. The van der Waals surface area contributed by atoms with E-state index in [0.717, 1.165) is 15.8 Å². The van der Waals surface area contributed by atoms with Gasteiger partial charge in [0.15, 0.2) is 5.13 Å². The molecule has 26 heavy (non-hydrogen) atoms. The zero-order valence-corrected chi connectivity index (χ0v) is 15.2. The molecule has 0 bridgehead atoms. The molecule has 2 heterocycles. The number of oxime groups is 1. The number of carbonyl (C=O) groups excluding carboxylic acids is 1. The third-order valence-corrected chi connectivity index (χ3v) is 5.24. The van der Waals surface area contributed by atoms with Crippen molar-refractivity contribution in [2.24, 2.45) is 5.16 Å². The number of carbonyl (C=O) groups is 1. The van der Waals surface area contributed by atoms with E-state index in [-0.39, 0.29) is 22.9 Å². The van der Waals surface area contributed by atoms with Crippen LogP contribution in [0.2, 0.25) is 5.02 Å². The largest absolute Gasteiger partial charge is 0.382 e. The van der Waals surface area contributed by atoms with Crippen LogP contribution in [0.3, 0.4) is 0 Å². The Hall–Kier alpha value is -2.51. The second kappa shape index (κ2) is 6.66. The Morgan fingerprint density at radius 1 is 1.38 bits per heavy atom. The lowest BCUT2D eigenvalue weighted by atomic mass is 10.0. The van der Waals surface area contributed by atoms with E-state index in [1.807, 2.05) is 25.1 Å². The van der Waals surface area contributed by atoms with Gasteiger partial charge in [-0.05, 0) is 36.8 Å². The van der Waals surface area contributed by atoms with Crippen LogP contribution in [-0.4, -0.2) is 22.7 Å². The van der Waals surface area contributed by atoms with Crippen molar-refractivity contribution in [3.63, 3.8) is 0 Å². The zero-order chi connectivity index (χ0) is 18.3. The number of amides is 1. The molecule has 8 heteroatoms. The molecule has 1 amide bonds. The summed E-state index contributed by atoms with van der Waals surface area (Å²) < 4.78 is 15.0.